The van der Waals surface area contributed by atoms with Gasteiger partial charge in [0.25, 0.3) is 0 Å². The molecule has 0 fully saturated rings. The van der Waals surface area contributed by atoms with Crippen LogP contribution in [0.4, 0.5) is 5.95 Å². The van der Waals surface area contributed by atoms with Crippen LogP contribution in [0.1, 0.15) is 28.8 Å². The van der Waals surface area contributed by atoms with Crippen LogP contribution in [0.2, 0.25) is 0 Å². The molecular formula is C25H20N4O2. The minimum absolute atomic E-state index is 0.153. The van der Waals surface area contributed by atoms with Gasteiger partial charge in [0.2, 0.25) is 5.95 Å². The van der Waals surface area contributed by atoms with Gasteiger partial charge in [-0.25, -0.2) is 4.68 Å². The third-order valence-corrected chi connectivity index (χ3v) is 5.83. The van der Waals surface area contributed by atoms with Gasteiger partial charge in [-0.2, -0.15) is 10.1 Å². The molecule has 2 atom stereocenters. The third kappa shape index (κ3) is 2.79. The van der Waals surface area contributed by atoms with E-state index in [0.717, 1.165) is 39.5 Å². The Hall–Kier alpha value is -4.06. The number of hydrogen-bond donors (Lipinski definition) is 1. The summed E-state index contributed by atoms with van der Waals surface area (Å²) in [5.74, 6) is 2.35. The standard InChI is InChI=1S/C25H20N4O2/c1-30-18-11-7-10-17(14-18)24-21-22(19-12-5-6-13-20(19)31-24)28-25-26-15-27-29(25)23(21)16-8-3-2-4-9-16/h2-15,23-24H,1H3,(H,26,27,28)/t23-,24+/m0/s1. The summed E-state index contributed by atoms with van der Waals surface area (Å²) in [6.45, 7) is 0. The first-order chi connectivity index (χ1) is 15.3. The smallest absolute Gasteiger partial charge is 0.226 e. The van der Waals surface area contributed by atoms with Gasteiger partial charge in [-0.3, -0.25) is 0 Å². The van der Waals surface area contributed by atoms with E-state index in [1.54, 1.807) is 13.4 Å². The van der Waals surface area contributed by atoms with E-state index >= 15 is 0 Å². The molecule has 6 heteroatoms. The summed E-state index contributed by atoms with van der Waals surface area (Å²) in [6, 6.07) is 26.3. The monoisotopic (exact) mass is 408 g/mol. The molecule has 2 aliphatic rings. The van der Waals surface area contributed by atoms with E-state index in [9.17, 15) is 0 Å². The lowest BCUT2D eigenvalue weighted by atomic mass is 9.84. The van der Waals surface area contributed by atoms with Crippen molar-refractivity contribution in [2.45, 2.75) is 12.1 Å². The van der Waals surface area contributed by atoms with E-state index in [1.807, 2.05) is 59.3 Å². The lowest BCUT2D eigenvalue weighted by Crippen LogP contribution is -2.32. The zero-order chi connectivity index (χ0) is 20.8. The second-order valence-electron chi connectivity index (χ2n) is 7.57. The lowest BCUT2D eigenvalue weighted by molar-refractivity contribution is 0.222. The second kappa shape index (κ2) is 7.02. The van der Waals surface area contributed by atoms with Crippen LogP contribution in [0.5, 0.6) is 11.5 Å². The summed E-state index contributed by atoms with van der Waals surface area (Å²) in [5.41, 5.74) is 5.28. The molecule has 0 saturated carbocycles. The maximum atomic E-state index is 6.62. The first-order valence-electron chi connectivity index (χ1n) is 10.2. The van der Waals surface area contributed by atoms with E-state index < -0.39 is 0 Å². The average Bonchev–Trinajstić information content (AvgIpc) is 3.31. The van der Waals surface area contributed by atoms with Crippen LogP contribution in [-0.2, 0) is 0 Å². The molecule has 6 nitrogen and oxygen atoms in total. The summed E-state index contributed by atoms with van der Waals surface area (Å²) in [6.07, 6.45) is 1.28. The number of aromatic nitrogens is 3. The quantitative estimate of drug-likeness (QED) is 0.525. The number of ether oxygens (including phenoxy) is 2. The second-order valence-corrected chi connectivity index (χ2v) is 7.57. The SMILES string of the molecule is COc1cccc([C@H]2Oc3ccccc3C3=C2[C@H](c2ccccc2)n2ncnc2N3)c1. The molecule has 0 unspecified atom stereocenters. The summed E-state index contributed by atoms with van der Waals surface area (Å²) < 4.78 is 14.0. The fraction of sp³-hybridized carbons (Fsp3) is 0.120. The van der Waals surface area contributed by atoms with Gasteiger partial charge in [-0.1, -0.05) is 54.6 Å². The van der Waals surface area contributed by atoms with Gasteiger partial charge < -0.3 is 14.8 Å². The Morgan fingerprint density at radius 1 is 0.935 bits per heavy atom. The Labute approximate surface area is 179 Å². The molecular weight excluding hydrogens is 388 g/mol. The minimum atomic E-state index is -0.310. The van der Waals surface area contributed by atoms with Gasteiger partial charge in [0.15, 0.2) is 0 Å². The molecule has 3 heterocycles. The van der Waals surface area contributed by atoms with Crippen molar-refractivity contribution in [3.63, 3.8) is 0 Å². The predicted octanol–water partition coefficient (Wildman–Crippen LogP) is 4.85. The fourth-order valence-corrected chi connectivity index (χ4v) is 4.45. The van der Waals surface area contributed by atoms with Gasteiger partial charge in [-0.15, -0.1) is 0 Å². The van der Waals surface area contributed by atoms with Crippen molar-refractivity contribution in [3.8, 4) is 11.5 Å². The molecule has 1 aromatic heterocycles. The van der Waals surface area contributed by atoms with Crippen LogP contribution in [0.25, 0.3) is 5.70 Å². The minimum Gasteiger partial charge on any atom is -0.497 e. The topological polar surface area (TPSA) is 61.2 Å². The average molecular weight is 408 g/mol. The molecule has 4 aromatic rings. The summed E-state index contributed by atoms with van der Waals surface area (Å²) in [5, 5.41) is 8.07. The van der Waals surface area contributed by atoms with Crippen LogP contribution < -0.4 is 14.8 Å². The zero-order valence-corrected chi connectivity index (χ0v) is 16.9. The van der Waals surface area contributed by atoms with Gasteiger partial charge in [0.05, 0.1) is 12.8 Å². The van der Waals surface area contributed by atoms with Crippen molar-refractivity contribution in [3.05, 3.63) is 107 Å². The number of nitrogens with zero attached hydrogens (tertiary/aromatic N) is 3. The maximum absolute atomic E-state index is 6.62. The van der Waals surface area contributed by atoms with Gasteiger partial charge in [0, 0.05) is 16.7 Å². The van der Waals surface area contributed by atoms with Crippen molar-refractivity contribution in [1.82, 2.24) is 14.8 Å². The molecule has 0 aliphatic carbocycles. The predicted molar refractivity (Wildman–Crippen MR) is 118 cm³/mol. The molecule has 152 valence electrons. The van der Waals surface area contributed by atoms with Crippen LogP contribution >= 0.6 is 0 Å². The van der Waals surface area contributed by atoms with Gasteiger partial charge in [0.1, 0.15) is 30.0 Å². The summed E-state index contributed by atoms with van der Waals surface area (Å²) in [7, 11) is 1.68. The van der Waals surface area contributed by atoms with E-state index in [1.165, 1.54) is 0 Å². The number of benzene rings is 3. The number of anilines is 1. The highest BCUT2D eigenvalue weighted by molar-refractivity contribution is 5.85. The summed E-state index contributed by atoms with van der Waals surface area (Å²) >= 11 is 0. The van der Waals surface area contributed by atoms with E-state index in [0.29, 0.717) is 5.95 Å². The third-order valence-electron chi connectivity index (χ3n) is 5.83. The normalized spacial score (nSPS) is 18.9. The van der Waals surface area contributed by atoms with E-state index in [4.69, 9.17) is 9.47 Å². The van der Waals surface area contributed by atoms with Gasteiger partial charge >= 0.3 is 0 Å². The molecule has 0 spiro atoms. The highest BCUT2D eigenvalue weighted by Gasteiger charge is 2.40. The molecule has 2 aliphatic heterocycles. The number of fused-ring (bicyclic) bond motifs is 3. The number of rotatable bonds is 3. The zero-order valence-electron chi connectivity index (χ0n) is 16.9. The van der Waals surface area contributed by atoms with Crippen molar-refractivity contribution >= 4 is 11.6 Å². The van der Waals surface area contributed by atoms with Crippen molar-refractivity contribution in [2.75, 3.05) is 12.4 Å². The van der Waals surface area contributed by atoms with E-state index in [2.05, 4.69) is 39.7 Å². The van der Waals surface area contributed by atoms with Crippen molar-refractivity contribution < 1.29 is 9.47 Å². The molecule has 0 bridgehead atoms. The first kappa shape index (κ1) is 17.8. The van der Waals surface area contributed by atoms with Crippen molar-refractivity contribution in [1.29, 1.82) is 0 Å². The Bertz CT molecular complexity index is 1300. The van der Waals surface area contributed by atoms with Crippen LogP contribution in [0, 0.1) is 0 Å². The lowest BCUT2D eigenvalue weighted by Gasteiger charge is -2.39. The van der Waals surface area contributed by atoms with Gasteiger partial charge in [-0.05, 0) is 29.8 Å². The largest absolute Gasteiger partial charge is 0.497 e. The molecule has 0 saturated heterocycles. The molecule has 1 N–H and O–H groups in total. The Balaban J connectivity index is 1.62. The fourth-order valence-electron chi connectivity index (χ4n) is 4.45. The number of para-hydroxylation sites is 1. The number of hydrogen-bond acceptors (Lipinski definition) is 5. The number of methoxy groups -OCH3 is 1. The van der Waals surface area contributed by atoms with Crippen LogP contribution in [0.15, 0.2) is 90.8 Å². The Morgan fingerprint density at radius 3 is 2.61 bits per heavy atom. The molecule has 0 amide bonds. The van der Waals surface area contributed by atoms with Crippen LogP contribution in [-0.4, -0.2) is 21.9 Å². The highest BCUT2D eigenvalue weighted by Crippen LogP contribution is 2.50. The van der Waals surface area contributed by atoms with Crippen LogP contribution in [0.3, 0.4) is 0 Å². The number of nitrogens with one attached hydrogen (secondary N) is 1. The Kier molecular flexibility index (Phi) is 4.02. The highest BCUT2D eigenvalue weighted by atomic mass is 16.5. The van der Waals surface area contributed by atoms with Crippen molar-refractivity contribution in [2.24, 2.45) is 0 Å². The molecule has 6 rings (SSSR count). The first-order valence-corrected chi connectivity index (χ1v) is 10.2. The Morgan fingerprint density at radius 2 is 1.74 bits per heavy atom. The molecule has 3 aromatic carbocycles. The van der Waals surface area contributed by atoms with E-state index in [-0.39, 0.29) is 12.1 Å². The maximum Gasteiger partial charge on any atom is 0.226 e. The summed E-state index contributed by atoms with van der Waals surface area (Å²) in [4.78, 5) is 4.47. The molecule has 0 radical (unpaired) electrons. The molecule has 31 heavy (non-hydrogen) atoms.